The van der Waals surface area contributed by atoms with Gasteiger partial charge in [-0.15, -0.1) is 0 Å². The summed E-state index contributed by atoms with van der Waals surface area (Å²) < 4.78 is 0. The smallest absolute Gasteiger partial charge is 0.234 e. The molecule has 0 bridgehead atoms. The van der Waals surface area contributed by atoms with E-state index in [2.05, 4.69) is 10.6 Å². The predicted octanol–water partition coefficient (Wildman–Crippen LogP) is -0.101. The van der Waals surface area contributed by atoms with Gasteiger partial charge in [-0.25, -0.2) is 0 Å². The molecule has 0 aromatic heterocycles. The maximum absolute atomic E-state index is 11.3. The van der Waals surface area contributed by atoms with Gasteiger partial charge in [0.15, 0.2) is 0 Å². The van der Waals surface area contributed by atoms with E-state index in [1.54, 1.807) is 0 Å². The van der Waals surface area contributed by atoms with Crippen LogP contribution in [0.3, 0.4) is 0 Å². The minimum Gasteiger partial charge on any atom is -0.368 e. The lowest BCUT2D eigenvalue weighted by molar-refractivity contribution is -0.121. The SMILES string of the molecule is CCC(NCCCC(=O)NC1CC1)C(N)=O. The minimum absolute atomic E-state index is 0.108. The van der Waals surface area contributed by atoms with Gasteiger partial charge in [0.05, 0.1) is 6.04 Å². The first-order valence-electron chi connectivity index (χ1n) is 5.95. The van der Waals surface area contributed by atoms with Gasteiger partial charge < -0.3 is 16.4 Å². The highest BCUT2D eigenvalue weighted by atomic mass is 16.2. The van der Waals surface area contributed by atoms with Crippen molar-refractivity contribution in [2.45, 2.75) is 51.1 Å². The van der Waals surface area contributed by atoms with Crippen molar-refractivity contribution >= 4 is 11.8 Å². The first-order valence-corrected chi connectivity index (χ1v) is 5.95. The molecule has 1 fully saturated rings. The Balaban J connectivity index is 2.01. The molecule has 2 amide bonds. The van der Waals surface area contributed by atoms with Crippen LogP contribution in [-0.2, 0) is 9.59 Å². The van der Waals surface area contributed by atoms with E-state index >= 15 is 0 Å². The summed E-state index contributed by atoms with van der Waals surface area (Å²) in [5, 5.41) is 5.96. The third-order valence-corrected chi connectivity index (χ3v) is 2.67. The Morgan fingerprint density at radius 2 is 2.12 bits per heavy atom. The van der Waals surface area contributed by atoms with Gasteiger partial charge in [-0.1, -0.05) is 6.92 Å². The third kappa shape index (κ3) is 5.11. The molecule has 1 aliphatic carbocycles. The summed E-state index contributed by atoms with van der Waals surface area (Å²) >= 11 is 0. The van der Waals surface area contributed by atoms with Crippen LogP contribution in [0, 0.1) is 0 Å². The molecule has 1 rings (SSSR count). The summed E-state index contributed by atoms with van der Waals surface area (Å²) in [6, 6.07) is 0.154. The Morgan fingerprint density at radius 1 is 1.44 bits per heavy atom. The number of carbonyl (C=O) groups excluding carboxylic acids is 2. The molecule has 4 N–H and O–H groups in total. The quantitative estimate of drug-likeness (QED) is 0.506. The van der Waals surface area contributed by atoms with E-state index < -0.39 is 0 Å². The lowest BCUT2D eigenvalue weighted by Gasteiger charge is -2.12. The molecule has 5 nitrogen and oxygen atoms in total. The first-order chi connectivity index (χ1) is 7.63. The maximum atomic E-state index is 11.3. The van der Waals surface area contributed by atoms with Crippen molar-refractivity contribution < 1.29 is 9.59 Å². The van der Waals surface area contributed by atoms with Gasteiger partial charge in [-0.3, -0.25) is 9.59 Å². The number of hydrogen-bond acceptors (Lipinski definition) is 3. The molecular formula is C11H21N3O2. The third-order valence-electron chi connectivity index (χ3n) is 2.67. The second-order valence-electron chi connectivity index (χ2n) is 4.26. The molecule has 0 aromatic rings. The Kier molecular flexibility index (Phi) is 5.25. The molecule has 5 heteroatoms. The number of nitrogens with two attached hydrogens (primary N) is 1. The largest absolute Gasteiger partial charge is 0.368 e. The Morgan fingerprint density at radius 3 is 2.62 bits per heavy atom. The topological polar surface area (TPSA) is 84.2 Å². The van der Waals surface area contributed by atoms with Crippen LogP contribution in [0.5, 0.6) is 0 Å². The fourth-order valence-corrected chi connectivity index (χ4v) is 1.50. The summed E-state index contributed by atoms with van der Waals surface area (Å²) in [6.45, 7) is 2.56. The van der Waals surface area contributed by atoms with E-state index in [0.29, 0.717) is 25.4 Å². The average molecular weight is 227 g/mol. The summed E-state index contributed by atoms with van der Waals surface area (Å²) in [4.78, 5) is 22.2. The maximum Gasteiger partial charge on any atom is 0.234 e. The molecule has 1 unspecified atom stereocenters. The second kappa shape index (κ2) is 6.48. The van der Waals surface area contributed by atoms with Gasteiger partial charge in [-0.2, -0.15) is 0 Å². The van der Waals surface area contributed by atoms with E-state index in [1.807, 2.05) is 6.92 Å². The number of carbonyl (C=O) groups is 2. The number of amides is 2. The molecule has 0 heterocycles. The lowest BCUT2D eigenvalue weighted by Crippen LogP contribution is -2.41. The lowest BCUT2D eigenvalue weighted by atomic mass is 10.2. The summed E-state index contributed by atoms with van der Waals surface area (Å²) in [7, 11) is 0. The van der Waals surface area contributed by atoms with Crippen LogP contribution < -0.4 is 16.4 Å². The predicted molar refractivity (Wildman–Crippen MR) is 61.7 cm³/mol. The molecule has 1 aliphatic rings. The van der Waals surface area contributed by atoms with Crippen LogP contribution in [0.15, 0.2) is 0 Å². The first kappa shape index (κ1) is 13.0. The molecule has 0 radical (unpaired) electrons. The highest BCUT2D eigenvalue weighted by Gasteiger charge is 2.22. The number of rotatable bonds is 8. The van der Waals surface area contributed by atoms with Gasteiger partial charge in [0.25, 0.3) is 0 Å². The summed E-state index contributed by atoms with van der Waals surface area (Å²) in [6.07, 6.45) is 4.16. The van der Waals surface area contributed by atoms with Gasteiger partial charge in [-0.05, 0) is 32.2 Å². The van der Waals surface area contributed by atoms with Crippen molar-refractivity contribution in [1.29, 1.82) is 0 Å². The van der Waals surface area contributed by atoms with Crippen LogP contribution >= 0.6 is 0 Å². The molecular weight excluding hydrogens is 206 g/mol. The van der Waals surface area contributed by atoms with Crippen molar-refractivity contribution in [3.05, 3.63) is 0 Å². The summed E-state index contributed by atoms with van der Waals surface area (Å²) in [5.41, 5.74) is 5.18. The molecule has 92 valence electrons. The van der Waals surface area contributed by atoms with Gasteiger partial charge in [0, 0.05) is 12.5 Å². The number of primary amides is 1. The fourth-order valence-electron chi connectivity index (χ4n) is 1.50. The number of nitrogens with one attached hydrogen (secondary N) is 2. The van der Waals surface area contributed by atoms with E-state index in [4.69, 9.17) is 5.73 Å². The van der Waals surface area contributed by atoms with Crippen LogP contribution in [0.25, 0.3) is 0 Å². The van der Waals surface area contributed by atoms with Crippen LogP contribution in [0.2, 0.25) is 0 Å². The summed E-state index contributed by atoms with van der Waals surface area (Å²) in [5.74, 6) is -0.221. The molecule has 16 heavy (non-hydrogen) atoms. The highest BCUT2D eigenvalue weighted by Crippen LogP contribution is 2.18. The van der Waals surface area contributed by atoms with E-state index in [9.17, 15) is 9.59 Å². The Hall–Kier alpha value is -1.10. The molecule has 0 spiro atoms. The van der Waals surface area contributed by atoms with Gasteiger partial charge in [0.2, 0.25) is 11.8 Å². The fraction of sp³-hybridized carbons (Fsp3) is 0.818. The van der Waals surface area contributed by atoms with Crippen LogP contribution in [-0.4, -0.2) is 30.4 Å². The Bertz CT molecular complexity index is 252. The van der Waals surface area contributed by atoms with Crippen molar-refractivity contribution in [3.8, 4) is 0 Å². The van der Waals surface area contributed by atoms with Crippen LogP contribution in [0.4, 0.5) is 0 Å². The van der Waals surface area contributed by atoms with Crippen molar-refractivity contribution in [2.75, 3.05) is 6.54 Å². The zero-order chi connectivity index (χ0) is 12.0. The van der Waals surface area contributed by atoms with E-state index in [-0.39, 0.29) is 17.9 Å². The van der Waals surface area contributed by atoms with Crippen molar-refractivity contribution in [3.63, 3.8) is 0 Å². The van der Waals surface area contributed by atoms with Crippen molar-refractivity contribution in [1.82, 2.24) is 10.6 Å². The number of hydrogen-bond donors (Lipinski definition) is 3. The van der Waals surface area contributed by atoms with Crippen molar-refractivity contribution in [2.24, 2.45) is 5.73 Å². The molecule has 1 saturated carbocycles. The zero-order valence-corrected chi connectivity index (χ0v) is 9.79. The standard InChI is InChI=1S/C11H21N3O2/c1-2-9(11(12)16)13-7-3-4-10(15)14-8-5-6-8/h8-9,13H,2-7H2,1H3,(H2,12,16)(H,14,15). The van der Waals surface area contributed by atoms with Gasteiger partial charge >= 0.3 is 0 Å². The average Bonchev–Trinajstić information content (AvgIpc) is 3.01. The van der Waals surface area contributed by atoms with E-state index in [1.165, 1.54) is 0 Å². The van der Waals surface area contributed by atoms with Crippen LogP contribution in [0.1, 0.15) is 39.0 Å². The highest BCUT2D eigenvalue weighted by molar-refractivity contribution is 5.79. The zero-order valence-electron chi connectivity index (χ0n) is 9.79. The molecule has 0 saturated heterocycles. The second-order valence-corrected chi connectivity index (χ2v) is 4.26. The normalized spacial score (nSPS) is 16.8. The monoisotopic (exact) mass is 227 g/mol. The molecule has 0 aromatic carbocycles. The van der Waals surface area contributed by atoms with Gasteiger partial charge in [0.1, 0.15) is 0 Å². The molecule has 1 atom stereocenters. The molecule has 0 aliphatic heterocycles. The minimum atomic E-state index is -0.329. The van der Waals surface area contributed by atoms with E-state index in [0.717, 1.165) is 19.3 Å². The Labute approximate surface area is 96.1 Å².